The first-order valence-electron chi connectivity index (χ1n) is 2.89. The lowest BCUT2D eigenvalue weighted by atomic mass is 10.5. The van der Waals surface area contributed by atoms with Crippen molar-refractivity contribution in [2.24, 2.45) is 0 Å². The van der Waals surface area contributed by atoms with Gasteiger partial charge in [0.15, 0.2) is 0 Å². The van der Waals surface area contributed by atoms with Crippen LogP contribution in [0.2, 0.25) is 0 Å². The summed E-state index contributed by atoms with van der Waals surface area (Å²) in [6.45, 7) is 0. The van der Waals surface area contributed by atoms with Gasteiger partial charge in [-0.2, -0.15) is 0 Å². The fourth-order valence-corrected chi connectivity index (χ4v) is 6.53. The van der Waals surface area contributed by atoms with Crippen LogP contribution in [0, 0.1) is 12.3 Å². The minimum atomic E-state index is -1.45. The lowest BCUT2D eigenvalue weighted by Crippen LogP contribution is -2.04. The number of hydrogen-bond donors (Lipinski definition) is 0. The Balaban J connectivity index is 2.89. The van der Waals surface area contributed by atoms with Gasteiger partial charge in [-0.15, -0.1) is 6.42 Å². The van der Waals surface area contributed by atoms with Crippen LogP contribution < -0.4 is 0 Å². The molecule has 1 atom stereocenters. The molecule has 1 aliphatic rings. The highest BCUT2D eigenvalue weighted by molar-refractivity contribution is 9.00. The fraction of sp³-hybridized carbons (Fsp3) is 0.333. The number of terminal acetylenes is 1. The Morgan fingerprint density at radius 3 is 2.82 bits per heavy atom. The van der Waals surface area contributed by atoms with Crippen LogP contribution in [0.3, 0.4) is 0 Å². The van der Waals surface area contributed by atoms with Gasteiger partial charge in [0.2, 0.25) is 0 Å². The first-order chi connectivity index (χ1) is 5.14. The van der Waals surface area contributed by atoms with Crippen molar-refractivity contribution in [3.63, 3.8) is 0 Å². The summed E-state index contributed by atoms with van der Waals surface area (Å²) < 4.78 is 0.604. The van der Waals surface area contributed by atoms with Gasteiger partial charge in [-0.1, -0.05) is 40.5 Å². The quantitative estimate of drug-likeness (QED) is 0.494. The molecule has 0 spiro atoms. The van der Waals surface area contributed by atoms with Gasteiger partial charge in [0.1, 0.15) is 4.59 Å². The third kappa shape index (κ3) is 1.62. The zero-order chi connectivity index (χ0) is 8.48. The fourth-order valence-electron chi connectivity index (χ4n) is 0.688. The Bertz CT molecular complexity index is 278. The molecule has 0 aromatic rings. The maximum Gasteiger partial charge on any atom is 0.147 e. The Hall–Kier alpha value is 0.450. The van der Waals surface area contributed by atoms with E-state index in [0.29, 0.717) is 0 Å². The first kappa shape index (κ1) is 9.54. The highest BCUT2D eigenvalue weighted by Crippen LogP contribution is 2.75. The monoisotopic (exact) mass is 221 g/mol. The second kappa shape index (κ2) is 3.45. The van der Waals surface area contributed by atoms with Gasteiger partial charge >= 0.3 is 0 Å². The standard InChI is InChI=1S/C6H8NPS3/c1-4-6-5-11-8(9,10-3)7(6)2/h1,5H,2-3H3. The lowest BCUT2D eigenvalue weighted by molar-refractivity contribution is 0.735. The van der Waals surface area contributed by atoms with E-state index in [1.165, 1.54) is 0 Å². The molecule has 0 aromatic heterocycles. The topological polar surface area (TPSA) is 3.24 Å². The van der Waals surface area contributed by atoms with E-state index >= 15 is 0 Å². The normalized spacial score (nSPS) is 29.9. The predicted molar refractivity (Wildman–Crippen MR) is 60.1 cm³/mol. The van der Waals surface area contributed by atoms with Gasteiger partial charge in [0.05, 0.1) is 5.70 Å². The van der Waals surface area contributed by atoms with Crippen molar-refractivity contribution in [3.05, 3.63) is 11.1 Å². The molecular weight excluding hydrogens is 213 g/mol. The number of allylic oxidation sites excluding steroid dienone is 1. The third-order valence-corrected chi connectivity index (χ3v) is 12.3. The molecule has 0 amide bonds. The summed E-state index contributed by atoms with van der Waals surface area (Å²) in [5, 5.41) is 1.98. The van der Waals surface area contributed by atoms with Crippen molar-refractivity contribution in [2.75, 3.05) is 13.3 Å². The van der Waals surface area contributed by atoms with E-state index in [0.717, 1.165) is 5.70 Å². The van der Waals surface area contributed by atoms with Crippen LogP contribution in [0.5, 0.6) is 0 Å². The van der Waals surface area contributed by atoms with Gasteiger partial charge in [-0.25, -0.2) is 0 Å². The molecule has 0 saturated carbocycles. The summed E-state index contributed by atoms with van der Waals surface area (Å²) >= 11 is 8.87. The predicted octanol–water partition coefficient (Wildman–Crippen LogP) is 2.73. The molecule has 0 aliphatic carbocycles. The van der Waals surface area contributed by atoms with Crippen LogP contribution in [-0.4, -0.2) is 18.0 Å². The second-order valence-electron chi connectivity index (χ2n) is 1.93. The van der Waals surface area contributed by atoms with Gasteiger partial charge in [-0.3, -0.25) is 0 Å². The zero-order valence-electron chi connectivity index (χ0n) is 6.27. The Kier molecular flexibility index (Phi) is 2.99. The molecule has 0 bridgehead atoms. The van der Waals surface area contributed by atoms with E-state index in [1.807, 2.05) is 18.7 Å². The highest BCUT2D eigenvalue weighted by atomic mass is 33.2. The minimum Gasteiger partial charge on any atom is -0.324 e. The molecule has 1 heterocycles. The summed E-state index contributed by atoms with van der Waals surface area (Å²) in [5.41, 5.74) is 0.924. The smallest absolute Gasteiger partial charge is 0.147 e. The SMILES string of the molecule is C#CC1=CSP(=S)(SC)N1C. The van der Waals surface area contributed by atoms with Crippen molar-refractivity contribution in [3.8, 4) is 12.3 Å². The zero-order valence-corrected chi connectivity index (χ0v) is 9.62. The lowest BCUT2D eigenvalue weighted by Gasteiger charge is -2.23. The molecule has 0 aromatic carbocycles. The Labute approximate surface area is 80.5 Å². The van der Waals surface area contributed by atoms with Gasteiger partial charge in [-0.05, 0) is 6.26 Å². The van der Waals surface area contributed by atoms with Crippen LogP contribution in [0.15, 0.2) is 11.1 Å². The van der Waals surface area contributed by atoms with Crippen molar-refractivity contribution in [1.82, 2.24) is 4.67 Å². The van der Waals surface area contributed by atoms with Gasteiger partial charge < -0.3 is 4.67 Å². The number of rotatable bonds is 1. The second-order valence-corrected chi connectivity index (χ2v) is 12.8. The van der Waals surface area contributed by atoms with Crippen LogP contribution in [0.25, 0.3) is 0 Å². The van der Waals surface area contributed by atoms with Crippen molar-refractivity contribution in [2.45, 2.75) is 0 Å². The summed E-state index contributed by atoms with van der Waals surface area (Å²) in [5.74, 6) is 2.62. The van der Waals surface area contributed by atoms with E-state index in [4.69, 9.17) is 18.2 Å². The average Bonchev–Trinajstić information content (AvgIpc) is 2.31. The van der Waals surface area contributed by atoms with E-state index in [2.05, 4.69) is 10.6 Å². The van der Waals surface area contributed by atoms with E-state index < -0.39 is 4.59 Å². The molecule has 0 radical (unpaired) electrons. The molecule has 0 saturated heterocycles. The number of hydrogen-bond acceptors (Lipinski definition) is 3. The number of nitrogens with zero attached hydrogens (tertiary/aromatic N) is 1. The summed E-state index contributed by atoms with van der Waals surface area (Å²) in [7, 11) is 1.98. The van der Waals surface area contributed by atoms with Crippen molar-refractivity contribution in [1.29, 1.82) is 0 Å². The largest absolute Gasteiger partial charge is 0.324 e. The molecule has 60 valence electrons. The van der Waals surface area contributed by atoms with E-state index in [-0.39, 0.29) is 0 Å². The molecule has 1 aliphatic heterocycles. The van der Waals surface area contributed by atoms with Crippen molar-refractivity contribution < 1.29 is 0 Å². The van der Waals surface area contributed by atoms with Crippen LogP contribution in [0.4, 0.5) is 0 Å². The summed E-state index contributed by atoms with van der Waals surface area (Å²) in [6, 6.07) is 0. The Morgan fingerprint density at radius 1 is 1.91 bits per heavy atom. The van der Waals surface area contributed by atoms with E-state index in [1.54, 1.807) is 22.8 Å². The van der Waals surface area contributed by atoms with Gasteiger partial charge in [0, 0.05) is 12.5 Å². The maximum atomic E-state index is 5.45. The molecule has 1 rings (SSSR count). The first-order valence-corrected chi connectivity index (χ1v) is 8.96. The Morgan fingerprint density at radius 2 is 2.55 bits per heavy atom. The van der Waals surface area contributed by atoms with E-state index in [9.17, 15) is 0 Å². The molecular formula is C6H8NPS3. The maximum absolute atomic E-state index is 5.45. The third-order valence-electron chi connectivity index (χ3n) is 1.39. The molecule has 5 heteroatoms. The van der Waals surface area contributed by atoms with Crippen LogP contribution >= 0.6 is 27.4 Å². The van der Waals surface area contributed by atoms with Crippen molar-refractivity contribution >= 4 is 39.2 Å². The molecule has 0 fully saturated rings. The highest BCUT2D eigenvalue weighted by Gasteiger charge is 2.28. The minimum absolute atomic E-state index is 0.924. The summed E-state index contributed by atoms with van der Waals surface area (Å²) in [6.07, 6.45) is 7.33. The molecule has 1 unspecified atom stereocenters. The molecule has 11 heavy (non-hydrogen) atoms. The van der Waals surface area contributed by atoms with Gasteiger partial charge in [0.25, 0.3) is 0 Å². The molecule has 0 N–H and O–H groups in total. The average molecular weight is 221 g/mol. The molecule has 1 nitrogen and oxygen atoms in total. The van der Waals surface area contributed by atoms with Crippen LogP contribution in [-0.2, 0) is 11.8 Å². The summed E-state index contributed by atoms with van der Waals surface area (Å²) in [4.78, 5) is 0. The van der Waals surface area contributed by atoms with Crippen LogP contribution in [0.1, 0.15) is 0 Å².